The summed E-state index contributed by atoms with van der Waals surface area (Å²) in [5.74, 6) is -0.860. The molecule has 1 saturated heterocycles. The number of likely N-dealkylation sites (tertiary alicyclic amines) is 1. The summed E-state index contributed by atoms with van der Waals surface area (Å²) in [6, 6.07) is 33.5. The van der Waals surface area contributed by atoms with Crippen LogP contribution in [0, 0.1) is 11.7 Å². The van der Waals surface area contributed by atoms with Crippen LogP contribution in [-0.4, -0.2) is 24.1 Å². The number of benzene rings is 4. The fourth-order valence-electron chi connectivity index (χ4n) is 5.65. The fourth-order valence-corrected chi connectivity index (χ4v) is 5.65. The number of alkyl halides is 3. The highest BCUT2D eigenvalue weighted by molar-refractivity contribution is 5.34. The van der Waals surface area contributed by atoms with Gasteiger partial charge in [-0.2, -0.15) is 13.2 Å². The summed E-state index contributed by atoms with van der Waals surface area (Å²) in [6.07, 6.45) is -4.12. The van der Waals surface area contributed by atoms with Crippen LogP contribution in [0.15, 0.2) is 109 Å². The molecule has 39 heavy (non-hydrogen) atoms. The normalized spacial score (nSPS) is 18.4. The zero-order valence-corrected chi connectivity index (χ0v) is 21.5. The maximum Gasteiger partial charge on any atom is 0.416 e. The molecular weight excluding hydrogens is 502 g/mol. The topological polar surface area (TPSA) is 12.5 Å². The molecule has 1 aliphatic rings. The van der Waals surface area contributed by atoms with E-state index in [0.29, 0.717) is 6.07 Å². The molecule has 2 nitrogen and oxygen atoms in total. The molecule has 0 spiro atoms. The van der Waals surface area contributed by atoms with Crippen molar-refractivity contribution in [3.63, 3.8) is 0 Å². The molecule has 0 bridgehead atoms. The summed E-state index contributed by atoms with van der Waals surface area (Å²) in [7, 11) is 0. The molecule has 0 aromatic heterocycles. The van der Waals surface area contributed by atoms with Crippen molar-refractivity contribution in [1.29, 1.82) is 0 Å². The lowest BCUT2D eigenvalue weighted by Gasteiger charge is -2.42. The van der Waals surface area contributed by atoms with Gasteiger partial charge in [-0.15, -0.1) is 0 Å². The third-order valence-corrected chi connectivity index (χ3v) is 7.42. The van der Waals surface area contributed by atoms with Gasteiger partial charge in [0.05, 0.1) is 18.3 Å². The number of piperidine rings is 1. The van der Waals surface area contributed by atoms with Gasteiger partial charge in [-0.1, -0.05) is 91.0 Å². The summed E-state index contributed by atoms with van der Waals surface area (Å²) in [5.41, 5.74) is 2.74. The van der Waals surface area contributed by atoms with Gasteiger partial charge in [-0.25, -0.2) is 4.39 Å². The van der Waals surface area contributed by atoms with Crippen molar-refractivity contribution in [3.05, 3.63) is 143 Å². The van der Waals surface area contributed by atoms with Crippen LogP contribution in [0.3, 0.4) is 0 Å². The maximum absolute atomic E-state index is 14.1. The number of rotatable bonds is 8. The Morgan fingerprint density at radius 1 is 0.769 bits per heavy atom. The Kier molecular flexibility index (Phi) is 8.44. The molecule has 4 aromatic carbocycles. The minimum Gasteiger partial charge on any atom is -0.373 e. The van der Waals surface area contributed by atoms with E-state index in [4.69, 9.17) is 4.74 Å². The highest BCUT2D eigenvalue weighted by Gasteiger charge is 2.37. The van der Waals surface area contributed by atoms with E-state index in [1.165, 1.54) is 5.56 Å². The average molecular weight is 534 g/mol. The van der Waals surface area contributed by atoms with E-state index < -0.39 is 17.6 Å². The van der Waals surface area contributed by atoms with Gasteiger partial charge >= 0.3 is 6.18 Å². The molecule has 202 valence electrons. The highest BCUT2D eigenvalue weighted by Crippen LogP contribution is 2.39. The Balaban J connectivity index is 1.45. The monoisotopic (exact) mass is 533 g/mol. The van der Waals surface area contributed by atoms with Crippen molar-refractivity contribution in [2.75, 3.05) is 13.1 Å². The van der Waals surface area contributed by atoms with Crippen LogP contribution in [0.5, 0.6) is 0 Å². The van der Waals surface area contributed by atoms with E-state index in [1.807, 2.05) is 54.6 Å². The lowest BCUT2D eigenvalue weighted by Crippen LogP contribution is -2.46. The van der Waals surface area contributed by atoms with Gasteiger partial charge in [0.2, 0.25) is 0 Å². The molecule has 0 amide bonds. The van der Waals surface area contributed by atoms with Gasteiger partial charge in [0, 0.05) is 31.5 Å². The molecule has 1 fully saturated rings. The molecule has 4 aromatic rings. The Labute approximate surface area is 226 Å². The Morgan fingerprint density at radius 2 is 1.36 bits per heavy atom. The largest absolute Gasteiger partial charge is 0.416 e. The first kappa shape index (κ1) is 27.1. The van der Waals surface area contributed by atoms with E-state index >= 15 is 0 Å². The zero-order valence-electron chi connectivity index (χ0n) is 21.5. The second-order valence-electron chi connectivity index (χ2n) is 10.2. The predicted octanol–water partition coefficient (Wildman–Crippen LogP) is 8.08. The van der Waals surface area contributed by atoms with E-state index in [-0.39, 0.29) is 30.1 Å². The van der Waals surface area contributed by atoms with Gasteiger partial charge in [0.1, 0.15) is 5.82 Å². The summed E-state index contributed by atoms with van der Waals surface area (Å²) >= 11 is 0. The van der Waals surface area contributed by atoms with Crippen LogP contribution >= 0.6 is 0 Å². The molecule has 0 saturated carbocycles. The van der Waals surface area contributed by atoms with E-state index in [1.54, 1.807) is 0 Å². The first-order valence-electron chi connectivity index (χ1n) is 13.2. The van der Waals surface area contributed by atoms with Gasteiger partial charge in [0.25, 0.3) is 0 Å². The lowest BCUT2D eigenvalue weighted by molar-refractivity contribution is -0.137. The van der Waals surface area contributed by atoms with Gasteiger partial charge in [-0.05, 0) is 46.9 Å². The second-order valence-corrected chi connectivity index (χ2v) is 10.2. The molecule has 0 unspecified atom stereocenters. The summed E-state index contributed by atoms with van der Waals surface area (Å²) in [5, 5.41) is 0. The van der Waals surface area contributed by atoms with Crippen molar-refractivity contribution in [2.24, 2.45) is 5.92 Å². The molecule has 6 heteroatoms. The molecule has 0 aliphatic carbocycles. The van der Waals surface area contributed by atoms with Crippen molar-refractivity contribution in [2.45, 2.75) is 37.8 Å². The molecule has 5 rings (SSSR count). The number of hydrogen-bond acceptors (Lipinski definition) is 2. The van der Waals surface area contributed by atoms with Gasteiger partial charge in [-0.3, -0.25) is 4.90 Å². The van der Waals surface area contributed by atoms with Crippen LogP contribution in [0.4, 0.5) is 17.6 Å². The molecule has 1 aliphatic heterocycles. The number of hydrogen-bond donors (Lipinski definition) is 0. The van der Waals surface area contributed by atoms with Gasteiger partial charge in [0.15, 0.2) is 0 Å². The molecule has 2 atom stereocenters. The predicted molar refractivity (Wildman–Crippen MR) is 145 cm³/mol. The number of halogens is 4. The SMILES string of the molecule is Fc1cc(CO[C@H]2CCN(Cc3ccccc3)C[C@H]2C(c2ccccc2)c2ccccc2)cc(C(F)(F)F)c1. The number of nitrogens with zero attached hydrogens (tertiary/aromatic N) is 1. The Bertz CT molecular complexity index is 1290. The van der Waals surface area contributed by atoms with E-state index in [0.717, 1.165) is 49.3 Å². The van der Waals surface area contributed by atoms with Crippen LogP contribution in [0.25, 0.3) is 0 Å². The van der Waals surface area contributed by atoms with Crippen molar-refractivity contribution >= 4 is 0 Å². The Morgan fingerprint density at radius 3 is 1.95 bits per heavy atom. The molecule has 0 N–H and O–H groups in total. The Hall–Kier alpha value is -3.48. The minimum absolute atomic E-state index is 0.0224. The van der Waals surface area contributed by atoms with Crippen LogP contribution in [0.2, 0.25) is 0 Å². The summed E-state index contributed by atoms with van der Waals surface area (Å²) < 4.78 is 60.3. The maximum atomic E-state index is 14.1. The highest BCUT2D eigenvalue weighted by atomic mass is 19.4. The minimum atomic E-state index is -4.62. The fraction of sp³-hybridized carbons (Fsp3) is 0.273. The van der Waals surface area contributed by atoms with Crippen LogP contribution in [-0.2, 0) is 24.1 Å². The second kappa shape index (κ2) is 12.1. The first-order chi connectivity index (χ1) is 18.9. The number of ether oxygens (including phenoxy) is 1. The standard InChI is InChI=1S/C33H31F4NO/c34-29-19-25(18-28(20-29)33(35,36)37)23-39-31-16-17-38(21-24-10-4-1-5-11-24)22-30(31)32(26-12-6-2-7-13-26)27-14-8-3-9-15-27/h1-15,18-20,30-32H,16-17,21-23H2/t30-,31+/m1/s1. The molecule has 1 heterocycles. The van der Waals surface area contributed by atoms with E-state index in [9.17, 15) is 17.6 Å². The van der Waals surface area contributed by atoms with Crippen molar-refractivity contribution < 1.29 is 22.3 Å². The molecule has 0 radical (unpaired) electrons. The summed E-state index contributed by atoms with van der Waals surface area (Å²) in [6.45, 7) is 2.27. The molecular formula is C33H31F4NO. The third kappa shape index (κ3) is 6.94. The van der Waals surface area contributed by atoms with Crippen LogP contribution < -0.4 is 0 Å². The third-order valence-electron chi connectivity index (χ3n) is 7.42. The first-order valence-corrected chi connectivity index (χ1v) is 13.2. The van der Waals surface area contributed by atoms with E-state index in [2.05, 4.69) is 41.3 Å². The average Bonchev–Trinajstić information content (AvgIpc) is 2.94. The zero-order chi connectivity index (χ0) is 27.2. The summed E-state index contributed by atoms with van der Waals surface area (Å²) in [4.78, 5) is 2.42. The van der Waals surface area contributed by atoms with Gasteiger partial charge < -0.3 is 4.74 Å². The van der Waals surface area contributed by atoms with Crippen LogP contribution in [0.1, 0.15) is 40.2 Å². The smallest absolute Gasteiger partial charge is 0.373 e. The quantitative estimate of drug-likeness (QED) is 0.212. The lowest BCUT2D eigenvalue weighted by atomic mass is 9.75. The van der Waals surface area contributed by atoms with Crippen molar-refractivity contribution in [1.82, 2.24) is 4.90 Å². The van der Waals surface area contributed by atoms with Crippen molar-refractivity contribution in [3.8, 4) is 0 Å².